The van der Waals surface area contributed by atoms with Crippen LogP contribution in [0.1, 0.15) is 22.3 Å². The summed E-state index contributed by atoms with van der Waals surface area (Å²) in [6.07, 6.45) is 2.54. The molecule has 0 spiro atoms. The van der Waals surface area contributed by atoms with Gasteiger partial charge in [-0.3, -0.25) is 9.10 Å². The van der Waals surface area contributed by atoms with Crippen LogP contribution >= 0.6 is 11.6 Å². The van der Waals surface area contributed by atoms with Crippen LogP contribution in [-0.4, -0.2) is 33.3 Å². The van der Waals surface area contributed by atoms with Crippen LogP contribution in [0, 0.1) is 13.8 Å². The molecule has 3 rings (SSSR count). The molecule has 0 fully saturated rings. The Morgan fingerprint density at radius 3 is 2.47 bits per heavy atom. The second-order valence-electron chi connectivity index (χ2n) is 7.77. The second-order valence-corrected chi connectivity index (χ2v) is 10.1. The molecule has 9 heteroatoms. The van der Waals surface area contributed by atoms with Gasteiger partial charge in [-0.1, -0.05) is 35.9 Å². The number of amides is 1. The SMILES string of the molecule is Cc1cccc(N(CC(=O)N/N=C\c2ccc(OCc3cccc(Cl)c3)cc2)S(C)(=O)=O)c1C. The number of hydrazone groups is 1. The molecule has 0 aliphatic heterocycles. The number of aryl methyl sites for hydroxylation is 1. The number of rotatable bonds is 9. The number of halogens is 1. The van der Waals surface area contributed by atoms with Gasteiger partial charge in [0.1, 0.15) is 18.9 Å². The van der Waals surface area contributed by atoms with Crippen LogP contribution in [0.15, 0.2) is 71.8 Å². The molecule has 3 aromatic carbocycles. The molecule has 0 aliphatic rings. The third-order valence-electron chi connectivity index (χ3n) is 5.11. The zero-order valence-electron chi connectivity index (χ0n) is 19.2. The number of hydrogen-bond acceptors (Lipinski definition) is 5. The predicted octanol–water partition coefficient (Wildman–Crippen LogP) is 4.45. The third-order valence-corrected chi connectivity index (χ3v) is 6.47. The molecule has 1 amide bonds. The van der Waals surface area contributed by atoms with E-state index in [0.717, 1.165) is 32.8 Å². The summed E-state index contributed by atoms with van der Waals surface area (Å²) in [6, 6.07) is 19.9. The fraction of sp³-hybridized carbons (Fsp3) is 0.200. The number of nitrogens with one attached hydrogen (secondary N) is 1. The molecular formula is C25H26ClN3O4S. The van der Waals surface area contributed by atoms with E-state index < -0.39 is 15.9 Å². The Morgan fingerprint density at radius 1 is 1.09 bits per heavy atom. The van der Waals surface area contributed by atoms with Crippen molar-refractivity contribution in [2.24, 2.45) is 5.10 Å². The minimum atomic E-state index is -3.66. The van der Waals surface area contributed by atoms with Gasteiger partial charge in [0.15, 0.2) is 0 Å². The van der Waals surface area contributed by atoms with Crippen LogP contribution < -0.4 is 14.5 Å². The number of nitrogens with zero attached hydrogens (tertiary/aromatic N) is 2. The summed E-state index contributed by atoms with van der Waals surface area (Å²) in [4.78, 5) is 12.4. The highest BCUT2D eigenvalue weighted by molar-refractivity contribution is 7.92. The van der Waals surface area contributed by atoms with Gasteiger partial charge in [-0.25, -0.2) is 13.8 Å². The smallest absolute Gasteiger partial charge is 0.260 e. The molecular weight excluding hydrogens is 474 g/mol. The minimum Gasteiger partial charge on any atom is -0.489 e. The normalized spacial score (nSPS) is 11.4. The maximum absolute atomic E-state index is 12.4. The van der Waals surface area contributed by atoms with Crippen LogP contribution in [0.2, 0.25) is 5.02 Å². The first-order chi connectivity index (χ1) is 16.1. The van der Waals surface area contributed by atoms with E-state index in [4.69, 9.17) is 16.3 Å². The lowest BCUT2D eigenvalue weighted by atomic mass is 10.1. The molecule has 34 heavy (non-hydrogen) atoms. The molecule has 0 aliphatic carbocycles. The van der Waals surface area contributed by atoms with Gasteiger partial charge in [0, 0.05) is 5.02 Å². The summed E-state index contributed by atoms with van der Waals surface area (Å²) in [5, 5.41) is 4.60. The van der Waals surface area contributed by atoms with Gasteiger partial charge >= 0.3 is 0 Å². The van der Waals surface area contributed by atoms with Gasteiger partial charge in [0.05, 0.1) is 18.2 Å². The van der Waals surface area contributed by atoms with Crippen LogP contribution in [-0.2, 0) is 21.4 Å². The number of carbonyl (C=O) groups is 1. The maximum atomic E-state index is 12.4. The predicted molar refractivity (Wildman–Crippen MR) is 136 cm³/mol. The van der Waals surface area contributed by atoms with Crippen molar-refractivity contribution >= 4 is 39.4 Å². The summed E-state index contributed by atoms with van der Waals surface area (Å²) >= 11 is 5.98. The van der Waals surface area contributed by atoms with E-state index in [9.17, 15) is 13.2 Å². The van der Waals surface area contributed by atoms with Crippen LogP contribution in [0.5, 0.6) is 5.75 Å². The molecule has 3 aromatic rings. The number of ether oxygens (including phenoxy) is 1. The molecule has 0 radical (unpaired) electrons. The Hall–Kier alpha value is -3.36. The van der Waals surface area contributed by atoms with Crippen molar-refractivity contribution < 1.29 is 17.9 Å². The summed E-state index contributed by atoms with van der Waals surface area (Å²) in [5.41, 5.74) is 6.28. The van der Waals surface area contributed by atoms with Gasteiger partial charge in [0.2, 0.25) is 10.0 Å². The van der Waals surface area contributed by atoms with Crippen molar-refractivity contribution in [1.82, 2.24) is 5.43 Å². The maximum Gasteiger partial charge on any atom is 0.260 e. The Kier molecular flexibility index (Phi) is 8.31. The summed E-state index contributed by atoms with van der Waals surface area (Å²) in [5.74, 6) is 0.127. The number of carbonyl (C=O) groups excluding carboxylic acids is 1. The van der Waals surface area contributed by atoms with Crippen LogP contribution in [0.25, 0.3) is 0 Å². The first-order valence-electron chi connectivity index (χ1n) is 10.5. The first kappa shape index (κ1) is 25.3. The fourth-order valence-electron chi connectivity index (χ4n) is 3.17. The number of hydrogen-bond donors (Lipinski definition) is 1. The zero-order chi connectivity index (χ0) is 24.7. The van der Waals surface area contributed by atoms with Crippen LogP contribution in [0.4, 0.5) is 5.69 Å². The Bertz CT molecular complexity index is 1290. The molecule has 178 valence electrons. The molecule has 7 nitrogen and oxygen atoms in total. The molecule has 1 N–H and O–H groups in total. The van der Waals surface area contributed by atoms with E-state index in [-0.39, 0.29) is 6.54 Å². The van der Waals surface area contributed by atoms with Crippen LogP contribution in [0.3, 0.4) is 0 Å². The monoisotopic (exact) mass is 499 g/mol. The van der Waals surface area contributed by atoms with Gasteiger partial charge in [0.25, 0.3) is 5.91 Å². The third kappa shape index (κ3) is 7.07. The summed E-state index contributed by atoms with van der Waals surface area (Å²) in [6.45, 7) is 3.72. The average molecular weight is 500 g/mol. The summed E-state index contributed by atoms with van der Waals surface area (Å²) < 4.78 is 31.4. The lowest BCUT2D eigenvalue weighted by Crippen LogP contribution is -2.39. The topological polar surface area (TPSA) is 88.1 Å². The van der Waals surface area contributed by atoms with E-state index in [1.807, 2.05) is 38.1 Å². The molecule has 0 atom stereocenters. The average Bonchev–Trinajstić information content (AvgIpc) is 2.78. The van der Waals surface area contributed by atoms with E-state index in [1.54, 1.807) is 42.5 Å². The molecule has 0 unspecified atom stereocenters. The van der Waals surface area contributed by atoms with Crippen molar-refractivity contribution in [3.8, 4) is 5.75 Å². The van der Waals surface area contributed by atoms with Gasteiger partial charge < -0.3 is 4.74 Å². The molecule has 0 heterocycles. The second kappa shape index (κ2) is 11.2. The van der Waals surface area contributed by atoms with Gasteiger partial charge in [-0.05, 0) is 78.6 Å². The largest absolute Gasteiger partial charge is 0.489 e. The van der Waals surface area contributed by atoms with Crippen molar-refractivity contribution in [3.05, 3.63) is 94.0 Å². The summed E-state index contributed by atoms with van der Waals surface area (Å²) in [7, 11) is -3.66. The van der Waals surface area contributed by atoms with Gasteiger partial charge in [-0.2, -0.15) is 5.10 Å². The van der Waals surface area contributed by atoms with Gasteiger partial charge in [-0.15, -0.1) is 0 Å². The number of benzene rings is 3. The Balaban J connectivity index is 1.57. The van der Waals surface area contributed by atoms with E-state index in [2.05, 4.69) is 10.5 Å². The highest BCUT2D eigenvalue weighted by Crippen LogP contribution is 2.24. The quantitative estimate of drug-likeness (QED) is 0.348. The fourth-order valence-corrected chi connectivity index (χ4v) is 4.29. The van der Waals surface area contributed by atoms with E-state index in [0.29, 0.717) is 23.1 Å². The molecule has 0 saturated heterocycles. The standard InChI is InChI=1S/C25H26ClN3O4S/c1-18-6-4-9-24(19(18)2)29(34(3,31)32)16-25(30)28-27-15-20-10-12-23(13-11-20)33-17-21-7-5-8-22(26)14-21/h4-15H,16-17H2,1-3H3,(H,28,30)/b27-15-. The molecule has 0 bridgehead atoms. The Morgan fingerprint density at radius 2 is 1.79 bits per heavy atom. The first-order valence-corrected chi connectivity index (χ1v) is 12.7. The Labute approximate surface area is 205 Å². The van der Waals surface area contributed by atoms with Crippen molar-refractivity contribution in [3.63, 3.8) is 0 Å². The highest BCUT2D eigenvalue weighted by Gasteiger charge is 2.22. The van der Waals surface area contributed by atoms with Crippen molar-refractivity contribution in [1.29, 1.82) is 0 Å². The number of anilines is 1. The van der Waals surface area contributed by atoms with E-state index >= 15 is 0 Å². The van der Waals surface area contributed by atoms with Crippen molar-refractivity contribution in [2.75, 3.05) is 17.1 Å². The van der Waals surface area contributed by atoms with E-state index in [1.165, 1.54) is 6.21 Å². The minimum absolute atomic E-state index is 0.378. The van der Waals surface area contributed by atoms with Crippen molar-refractivity contribution in [2.45, 2.75) is 20.5 Å². The highest BCUT2D eigenvalue weighted by atomic mass is 35.5. The number of sulfonamides is 1. The lowest BCUT2D eigenvalue weighted by Gasteiger charge is -2.23. The zero-order valence-corrected chi connectivity index (χ0v) is 20.7. The lowest BCUT2D eigenvalue weighted by molar-refractivity contribution is -0.119. The molecule has 0 saturated carbocycles. The molecule has 0 aromatic heterocycles.